The zero-order chi connectivity index (χ0) is 17.7. The number of hydrogen-bond acceptors (Lipinski definition) is 3. The van der Waals surface area contributed by atoms with Crippen LogP contribution in [0.2, 0.25) is 0 Å². The average molecular weight is 359 g/mol. The maximum absolute atomic E-state index is 12.9. The highest BCUT2D eigenvalue weighted by atomic mass is 32.5. The van der Waals surface area contributed by atoms with E-state index in [4.69, 9.17) is 5.73 Å². The number of carbonyl (C=O) groups is 1. The van der Waals surface area contributed by atoms with Crippen LogP contribution in [0.4, 0.5) is 25.1 Å². The van der Waals surface area contributed by atoms with E-state index in [1.807, 2.05) is 19.0 Å². The molecule has 1 aliphatic rings. The monoisotopic (exact) mass is 359 g/mol. The van der Waals surface area contributed by atoms with Crippen LogP contribution in [0.3, 0.4) is 0 Å². The number of rotatable bonds is 3. The molecule has 0 aliphatic carbocycles. The Labute approximate surface area is 130 Å². The maximum Gasteiger partial charge on any atom is 0.310 e. The molecule has 1 saturated heterocycles. The molecule has 0 aromatic heterocycles. The molecule has 1 aromatic rings. The first-order valence-electron chi connectivity index (χ1n) is 6.78. The van der Waals surface area contributed by atoms with Gasteiger partial charge in [-0.15, -0.1) is 0 Å². The van der Waals surface area contributed by atoms with Crippen molar-refractivity contribution in [2.24, 2.45) is 0 Å². The van der Waals surface area contributed by atoms with E-state index < -0.39 is 32.3 Å². The molecule has 1 aliphatic heterocycles. The molecule has 1 fully saturated rings. The van der Waals surface area contributed by atoms with Crippen molar-refractivity contribution in [1.82, 2.24) is 9.80 Å². The highest BCUT2D eigenvalue weighted by Gasteiger charge is 2.65. The van der Waals surface area contributed by atoms with Gasteiger partial charge in [0, 0.05) is 30.4 Å². The number of nitrogens with zero attached hydrogens (tertiary/aromatic N) is 2. The van der Waals surface area contributed by atoms with Gasteiger partial charge < -0.3 is 15.5 Å². The van der Waals surface area contributed by atoms with Gasteiger partial charge in [0.25, 0.3) is 5.91 Å². The van der Waals surface area contributed by atoms with E-state index in [-0.39, 0.29) is 18.2 Å². The fourth-order valence-electron chi connectivity index (χ4n) is 2.50. The summed E-state index contributed by atoms with van der Waals surface area (Å²) < 4.78 is 64.6. The minimum Gasteiger partial charge on any atom is -0.399 e. The lowest BCUT2D eigenvalue weighted by Crippen LogP contribution is -2.34. The Morgan fingerprint density at radius 3 is 2.30 bits per heavy atom. The molecule has 1 atom stereocenters. The summed E-state index contributed by atoms with van der Waals surface area (Å²) in [5.74, 6) is -0.732. The minimum atomic E-state index is -9.89. The van der Waals surface area contributed by atoms with Gasteiger partial charge in [-0.2, -0.15) is 0 Å². The van der Waals surface area contributed by atoms with Crippen LogP contribution in [0, 0.1) is 0 Å². The third-order valence-corrected chi connectivity index (χ3v) is 4.93. The van der Waals surface area contributed by atoms with Gasteiger partial charge in [0.1, 0.15) is 4.90 Å². The van der Waals surface area contributed by atoms with E-state index in [0.29, 0.717) is 19.5 Å². The number of hydrogen-bond donors (Lipinski definition) is 1. The first-order chi connectivity index (χ1) is 10.2. The second-order valence-corrected chi connectivity index (χ2v) is 8.33. The summed E-state index contributed by atoms with van der Waals surface area (Å²) in [5.41, 5.74) is 4.29. The minimum absolute atomic E-state index is 0.0788. The summed E-state index contributed by atoms with van der Waals surface area (Å²) in [4.78, 5) is 13.4. The zero-order valence-electron chi connectivity index (χ0n) is 12.6. The van der Waals surface area contributed by atoms with E-state index in [1.54, 1.807) is 0 Å². The van der Waals surface area contributed by atoms with Crippen molar-refractivity contribution in [3.8, 4) is 0 Å². The summed E-state index contributed by atoms with van der Waals surface area (Å²) >= 11 is 0. The molecular formula is C13H18F5N3OS. The number of anilines is 1. The van der Waals surface area contributed by atoms with Crippen molar-refractivity contribution in [3.05, 3.63) is 23.8 Å². The summed E-state index contributed by atoms with van der Waals surface area (Å²) in [6, 6.07) is 1.40. The Morgan fingerprint density at radius 2 is 1.83 bits per heavy atom. The van der Waals surface area contributed by atoms with E-state index in [9.17, 15) is 24.2 Å². The second-order valence-electron chi connectivity index (χ2n) is 5.92. The molecule has 1 unspecified atom stereocenters. The number of benzene rings is 1. The Balaban J connectivity index is 2.35. The number of nitrogen functional groups attached to an aromatic ring is 1. The molecule has 0 bridgehead atoms. The van der Waals surface area contributed by atoms with E-state index in [2.05, 4.69) is 0 Å². The highest BCUT2D eigenvalue weighted by Crippen LogP contribution is 3.02. The SMILES string of the molecule is CN(C)C1CCN(C(=O)c2cc(N)cc(S(F)(F)(F)(F)F)c2)C1. The average Bonchev–Trinajstić information content (AvgIpc) is 2.84. The predicted octanol–water partition coefficient (Wildman–Crippen LogP) is 3.70. The number of likely N-dealkylation sites (tertiary alicyclic amines) is 1. The molecule has 2 N–H and O–H groups in total. The number of carbonyl (C=O) groups excluding carboxylic acids is 1. The van der Waals surface area contributed by atoms with Gasteiger partial charge in [0.05, 0.1) is 0 Å². The van der Waals surface area contributed by atoms with Crippen molar-refractivity contribution in [1.29, 1.82) is 0 Å². The quantitative estimate of drug-likeness (QED) is 0.661. The van der Waals surface area contributed by atoms with Gasteiger partial charge in [0.15, 0.2) is 0 Å². The van der Waals surface area contributed by atoms with Crippen LogP contribution in [0.25, 0.3) is 0 Å². The number of nitrogens with two attached hydrogens (primary N) is 1. The Bertz CT molecular complexity index is 647. The maximum atomic E-state index is 12.9. The lowest BCUT2D eigenvalue weighted by atomic mass is 10.2. The standard InChI is InChI=1S/C13H18F5N3OS/c1-20(2)11-3-4-21(8-11)13(22)9-5-10(19)7-12(6-9)23(14,15,16,17)18/h5-7,11H,3-4,8,19H2,1-2H3. The van der Waals surface area contributed by atoms with Crippen LogP contribution < -0.4 is 5.73 Å². The van der Waals surface area contributed by atoms with Crippen LogP contribution in [-0.4, -0.2) is 48.9 Å². The molecule has 1 aromatic carbocycles. The molecular weight excluding hydrogens is 341 g/mol. The van der Waals surface area contributed by atoms with Crippen molar-refractivity contribution in [3.63, 3.8) is 0 Å². The van der Waals surface area contributed by atoms with Gasteiger partial charge in [-0.25, -0.2) is 0 Å². The molecule has 4 nitrogen and oxygen atoms in total. The van der Waals surface area contributed by atoms with Crippen molar-refractivity contribution >= 4 is 21.8 Å². The van der Waals surface area contributed by atoms with Crippen molar-refractivity contribution in [2.75, 3.05) is 32.9 Å². The first kappa shape index (κ1) is 17.8. The highest BCUT2D eigenvalue weighted by molar-refractivity contribution is 8.45. The zero-order valence-corrected chi connectivity index (χ0v) is 13.4. The van der Waals surface area contributed by atoms with E-state index in [0.717, 1.165) is 6.07 Å². The van der Waals surface area contributed by atoms with Crippen LogP contribution >= 0.6 is 10.2 Å². The fourth-order valence-corrected chi connectivity index (χ4v) is 3.21. The molecule has 132 valence electrons. The molecule has 10 heteroatoms. The van der Waals surface area contributed by atoms with E-state index in [1.165, 1.54) is 4.90 Å². The summed E-state index contributed by atoms with van der Waals surface area (Å²) in [6.45, 7) is 0.675. The number of likely N-dealkylation sites (N-methyl/N-ethyl adjacent to an activating group) is 1. The summed E-state index contributed by atoms with van der Waals surface area (Å²) in [7, 11) is -6.24. The smallest absolute Gasteiger partial charge is 0.310 e. The van der Waals surface area contributed by atoms with Crippen molar-refractivity contribution in [2.45, 2.75) is 17.4 Å². The molecule has 0 saturated carbocycles. The Morgan fingerprint density at radius 1 is 1.22 bits per heavy atom. The van der Waals surface area contributed by atoms with Gasteiger partial charge in [-0.3, -0.25) is 4.79 Å². The normalized spacial score (nSPS) is 22.1. The molecule has 23 heavy (non-hydrogen) atoms. The first-order valence-corrected chi connectivity index (χ1v) is 8.73. The Kier molecular flexibility index (Phi) is 3.66. The third kappa shape index (κ3) is 4.05. The van der Waals surface area contributed by atoms with Gasteiger partial charge >= 0.3 is 10.2 Å². The Hall–Kier alpha value is -1.55. The van der Waals surface area contributed by atoms with Gasteiger partial charge in [0.2, 0.25) is 0 Å². The summed E-state index contributed by atoms with van der Waals surface area (Å²) in [5, 5.41) is 0. The largest absolute Gasteiger partial charge is 0.399 e. The van der Waals surface area contributed by atoms with Crippen LogP contribution in [0.1, 0.15) is 16.8 Å². The van der Waals surface area contributed by atoms with Crippen molar-refractivity contribution < 1.29 is 24.2 Å². The lowest BCUT2D eigenvalue weighted by molar-refractivity contribution is 0.0783. The fraction of sp³-hybridized carbons (Fsp3) is 0.462. The topological polar surface area (TPSA) is 49.6 Å². The van der Waals surface area contributed by atoms with Crippen LogP contribution in [0.15, 0.2) is 23.1 Å². The molecule has 1 heterocycles. The van der Waals surface area contributed by atoms with Crippen LogP contribution in [-0.2, 0) is 0 Å². The number of amides is 1. The summed E-state index contributed by atoms with van der Waals surface area (Å²) in [6.07, 6.45) is 0.662. The van der Waals surface area contributed by atoms with Gasteiger partial charge in [-0.05, 0) is 38.7 Å². The van der Waals surface area contributed by atoms with E-state index >= 15 is 0 Å². The molecule has 0 spiro atoms. The van der Waals surface area contributed by atoms with Crippen LogP contribution in [0.5, 0.6) is 0 Å². The molecule has 1 amide bonds. The number of halogens is 5. The molecule has 0 radical (unpaired) electrons. The van der Waals surface area contributed by atoms with Gasteiger partial charge in [-0.1, -0.05) is 19.4 Å². The second kappa shape index (κ2) is 4.73. The predicted molar refractivity (Wildman–Crippen MR) is 80.2 cm³/mol. The molecule has 2 rings (SSSR count). The lowest BCUT2D eigenvalue weighted by Gasteiger charge is -2.40. The third-order valence-electron chi connectivity index (χ3n) is 3.80.